The van der Waals surface area contributed by atoms with Crippen LogP contribution in [0.4, 0.5) is 0 Å². The molecule has 2 heterocycles. The number of aryl methyl sites for hydroxylation is 2. The predicted molar refractivity (Wildman–Crippen MR) is 64.2 cm³/mol. The van der Waals surface area contributed by atoms with Crippen molar-refractivity contribution < 1.29 is 42.6 Å². The highest BCUT2D eigenvalue weighted by Crippen LogP contribution is 2.11. The molecule has 0 aliphatic heterocycles. The van der Waals surface area contributed by atoms with Crippen LogP contribution in [0.1, 0.15) is 27.7 Å². The summed E-state index contributed by atoms with van der Waals surface area (Å²) in [7, 11) is 3.33. The number of furan rings is 1. The lowest BCUT2D eigenvalue weighted by atomic mass is 10.4. The fourth-order valence-corrected chi connectivity index (χ4v) is 1.95. The summed E-state index contributed by atoms with van der Waals surface area (Å²) >= 11 is 0. The molecule has 0 amide bonds. The molecule has 0 fully saturated rings. The molecule has 0 N–H and O–H groups in total. The molecule has 0 bridgehead atoms. The molecule has 0 saturated carbocycles. The number of nitrogens with zero attached hydrogens (tertiary/aromatic N) is 2. The third kappa shape index (κ3) is 3.17. The summed E-state index contributed by atoms with van der Waals surface area (Å²) in [6.45, 7) is 4.68. The van der Waals surface area contributed by atoms with Crippen molar-refractivity contribution in [1.82, 2.24) is 4.68 Å². The highest BCUT2D eigenvalue weighted by molar-refractivity contribution is 5.86. The number of aromatic nitrogens is 2. The second kappa shape index (κ2) is 6.23. The van der Waals surface area contributed by atoms with E-state index in [1.165, 1.54) is 12.8 Å². The Bertz CT molecular complexity index is 587. The van der Waals surface area contributed by atoms with Gasteiger partial charge in [0.15, 0.2) is 7.05 Å². The minimum absolute atomic E-state index is 0. The maximum atomic E-state index is 11.3. The molecule has 0 saturated heterocycles. The van der Waals surface area contributed by atoms with Gasteiger partial charge in [0.1, 0.15) is 12.3 Å². The van der Waals surface area contributed by atoms with Crippen molar-refractivity contribution in [3.63, 3.8) is 0 Å². The van der Waals surface area contributed by atoms with E-state index in [-0.39, 0.29) is 29.7 Å². The first-order chi connectivity index (χ1) is 8.52. The average Bonchev–Trinajstić information content (AvgIpc) is 2.90. The van der Waals surface area contributed by atoms with Gasteiger partial charge in [-0.1, -0.05) is 0 Å². The Kier molecular flexibility index (Phi) is 5.16. The van der Waals surface area contributed by atoms with E-state index in [4.69, 9.17) is 4.42 Å². The molecule has 104 valence electrons. The Hall–Kier alpha value is -1.31. The van der Waals surface area contributed by atoms with Crippen LogP contribution in [0, 0.1) is 13.8 Å². The molecule has 19 heavy (non-hydrogen) atoms. The van der Waals surface area contributed by atoms with Crippen molar-refractivity contribution in [2.45, 2.75) is 20.4 Å². The number of ether oxygens (including phenoxy) is 1. The summed E-state index contributed by atoms with van der Waals surface area (Å²) in [5.74, 6) is 0.507. The van der Waals surface area contributed by atoms with Crippen LogP contribution in [-0.2, 0) is 18.3 Å². The highest BCUT2D eigenvalue weighted by Gasteiger charge is 2.16. The van der Waals surface area contributed by atoms with E-state index in [0.29, 0.717) is 6.54 Å². The van der Waals surface area contributed by atoms with Gasteiger partial charge in [-0.15, -0.1) is 4.68 Å². The third-order valence-electron chi connectivity index (χ3n) is 3.05. The first kappa shape index (κ1) is 15.7. The van der Waals surface area contributed by atoms with E-state index in [1.807, 2.05) is 20.9 Å². The van der Waals surface area contributed by atoms with E-state index >= 15 is 0 Å². The number of rotatable bonds is 3. The zero-order valence-corrected chi connectivity index (χ0v) is 13.6. The molecule has 2 rings (SSSR count). The van der Waals surface area contributed by atoms with Gasteiger partial charge in [0.2, 0.25) is 11.5 Å². The molecule has 0 atom stereocenters. The SMILES string of the molecule is COC(=O)c1ccc(Cn2c(C)cc(C)[n+]2C)o1.[I-]. The molecule has 5 nitrogen and oxygen atoms in total. The fourth-order valence-electron chi connectivity index (χ4n) is 1.95. The van der Waals surface area contributed by atoms with Gasteiger partial charge in [0.05, 0.1) is 12.8 Å². The van der Waals surface area contributed by atoms with E-state index < -0.39 is 5.97 Å². The molecule has 0 unspecified atom stereocenters. The zero-order valence-electron chi connectivity index (χ0n) is 11.4. The molecule has 6 heteroatoms. The van der Waals surface area contributed by atoms with Crippen molar-refractivity contribution in [2.24, 2.45) is 7.05 Å². The predicted octanol–water partition coefficient (Wildman–Crippen LogP) is -1.64. The monoisotopic (exact) mass is 376 g/mol. The van der Waals surface area contributed by atoms with Crippen molar-refractivity contribution in [3.8, 4) is 0 Å². The lowest BCUT2D eigenvalue weighted by Gasteiger charge is -2.00. The number of methoxy groups -OCH3 is 1. The number of hydrogen-bond donors (Lipinski definition) is 0. The van der Waals surface area contributed by atoms with Crippen LogP contribution in [0.5, 0.6) is 0 Å². The Labute approximate surface area is 129 Å². The summed E-state index contributed by atoms with van der Waals surface area (Å²) in [6.07, 6.45) is 0. The van der Waals surface area contributed by atoms with Crippen LogP contribution >= 0.6 is 0 Å². The Balaban J connectivity index is 0.00000180. The fraction of sp³-hybridized carbons (Fsp3) is 0.385. The number of esters is 1. The van der Waals surface area contributed by atoms with Crippen LogP contribution in [-0.4, -0.2) is 17.8 Å². The molecular weight excluding hydrogens is 359 g/mol. The Morgan fingerprint density at radius 1 is 1.42 bits per heavy atom. The molecule has 0 aliphatic rings. The number of halogens is 1. The van der Waals surface area contributed by atoms with Gasteiger partial charge in [0, 0.05) is 13.0 Å². The van der Waals surface area contributed by atoms with Gasteiger partial charge in [0.25, 0.3) is 0 Å². The average molecular weight is 376 g/mol. The van der Waals surface area contributed by atoms with Crippen LogP contribution < -0.4 is 28.7 Å². The second-order valence-corrected chi connectivity index (χ2v) is 4.27. The van der Waals surface area contributed by atoms with Crippen molar-refractivity contribution in [3.05, 3.63) is 41.1 Å². The first-order valence-corrected chi connectivity index (χ1v) is 5.73. The Morgan fingerprint density at radius 3 is 2.63 bits per heavy atom. The van der Waals surface area contributed by atoms with E-state index in [0.717, 1.165) is 11.5 Å². The Morgan fingerprint density at radius 2 is 2.11 bits per heavy atom. The molecule has 0 spiro atoms. The largest absolute Gasteiger partial charge is 1.00 e. The summed E-state index contributed by atoms with van der Waals surface area (Å²) < 4.78 is 14.2. The smallest absolute Gasteiger partial charge is 0.373 e. The summed E-state index contributed by atoms with van der Waals surface area (Å²) in [4.78, 5) is 11.3. The standard InChI is InChI=1S/C13H17N2O3.HI/c1-9-7-10(2)15(14(9)3)8-11-5-6-12(18-11)13(16)17-4;/h5-7H,8H2,1-4H3;1H/q+1;/p-1. The molecule has 0 aliphatic carbocycles. The van der Waals surface area contributed by atoms with Gasteiger partial charge in [-0.05, 0) is 19.1 Å². The second-order valence-electron chi connectivity index (χ2n) is 4.27. The lowest BCUT2D eigenvalue weighted by molar-refractivity contribution is -0.758. The van der Waals surface area contributed by atoms with Gasteiger partial charge < -0.3 is 33.1 Å². The maximum Gasteiger partial charge on any atom is 0.373 e. The summed E-state index contributed by atoms with van der Waals surface area (Å²) in [5.41, 5.74) is 2.32. The normalized spacial score (nSPS) is 10.1. The topological polar surface area (TPSA) is 48.2 Å². The van der Waals surface area contributed by atoms with Gasteiger partial charge in [-0.3, -0.25) is 0 Å². The van der Waals surface area contributed by atoms with E-state index in [2.05, 4.69) is 20.2 Å². The lowest BCUT2D eigenvalue weighted by Crippen LogP contribution is -3.00. The third-order valence-corrected chi connectivity index (χ3v) is 3.05. The van der Waals surface area contributed by atoms with Crippen LogP contribution in [0.15, 0.2) is 22.6 Å². The number of carbonyl (C=O) groups excluding carboxylic acids is 1. The van der Waals surface area contributed by atoms with Gasteiger partial charge in [-0.25, -0.2) is 4.79 Å². The number of hydrogen-bond acceptors (Lipinski definition) is 3. The highest BCUT2D eigenvalue weighted by atomic mass is 127. The molecular formula is C13H17IN2O3. The molecule has 0 radical (unpaired) electrons. The van der Waals surface area contributed by atoms with Crippen molar-refractivity contribution in [2.75, 3.05) is 7.11 Å². The quantitative estimate of drug-likeness (QED) is 0.367. The minimum atomic E-state index is -0.453. The van der Waals surface area contributed by atoms with E-state index in [9.17, 15) is 4.79 Å². The zero-order chi connectivity index (χ0) is 13.3. The van der Waals surface area contributed by atoms with Gasteiger partial charge in [-0.2, -0.15) is 4.68 Å². The summed E-state index contributed by atoms with van der Waals surface area (Å²) in [6, 6.07) is 5.53. The molecule has 2 aromatic heterocycles. The summed E-state index contributed by atoms with van der Waals surface area (Å²) in [5, 5.41) is 0. The van der Waals surface area contributed by atoms with Crippen molar-refractivity contribution >= 4 is 5.97 Å². The molecule has 0 aromatic carbocycles. The van der Waals surface area contributed by atoms with Gasteiger partial charge >= 0.3 is 5.97 Å². The van der Waals surface area contributed by atoms with Crippen LogP contribution in [0.3, 0.4) is 0 Å². The maximum absolute atomic E-state index is 11.3. The van der Waals surface area contributed by atoms with E-state index in [1.54, 1.807) is 12.1 Å². The molecule has 2 aromatic rings. The first-order valence-electron chi connectivity index (χ1n) is 5.73. The van der Waals surface area contributed by atoms with Crippen molar-refractivity contribution in [1.29, 1.82) is 0 Å². The van der Waals surface area contributed by atoms with Crippen LogP contribution in [0.2, 0.25) is 0 Å². The van der Waals surface area contributed by atoms with Crippen LogP contribution in [0.25, 0.3) is 0 Å². The number of carbonyl (C=O) groups is 1. The minimum Gasteiger partial charge on any atom is -1.00 e.